The number of benzene rings is 2. The highest BCUT2D eigenvalue weighted by Crippen LogP contribution is 2.44. The van der Waals surface area contributed by atoms with Crippen molar-refractivity contribution >= 4 is 0 Å². The summed E-state index contributed by atoms with van der Waals surface area (Å²) < 4.78 is 91.1. The molecule has 0 fully saturated rings. The molecular weight excluding hydrogens is 554 g/mol. The van der Waals surface area contributed by atoms with Crippen molar-refractivity contribution in [3.8, 4) is 11.4 Å². The van der Waals surface area contributed by atoms with Crippen molar-refractivity contribution in [3.05, 3.63) is 89.1 Å². The molecule has 0 aliphatic rings. The second kappa shape index (κ2) is 11.1. The average Bonchev–Trinajstić information content (AvgIpc) is 3.55. The summed E-state index contributed by atoms with van der Waals surface area (Å²) in [4.78, 5) is 17.5. The van der Waals surface area contributed by atoms with Gasteiger partial charge in [-0.3, -0.25) is 4.68 Å². The number of ether oxygens (including phenoxy) is 1. The van der Waals surface area contributed by atoms with E-state index in [0.29, 0.717) is 0 Å². The molecule has 2 aromatic heterocycles. The van der Waals surface area contributed by atoms with Crippen molar-refractivity contribution in [1.29, 1.82) is 0 Å². The second-order valence-electron chi connectivity index (χ2n) is 10.2. The highest BCUT2D eigenvalue weighted by molar-refractivity contribution is 5.37. The Bertz CT molecular complexity index is 1530. The normalized spacial score (nSPS) is 14.7. The fraction of sp³-hybridized carbons (Fsp3) is 0.407. The largest absolute Gasteiger partial charge is 0.487 e. The van der Waals surface area contributed by atoms with Gasteiger partial charge < -0.3 is 4.74 Å². The molecule has 2 atom stereocenters. The Balaban J connectivity index is 1.69. The van der Waals surface area contributed by atoms with Gasteiger partial charge in [-0.05, 0) is 48.7 Å². The van der Waals surface area contributed by atoms with Gasteiger partial charge in [-0.15, -0.1) is 0 Å². The Labute approximate surface area is 231 Å². The van der Waals surface area contributed by atoms with Gasteiger partial charge >= 0.3 is 17.5 Å². The third kappa shape index (κ3) is 5.72. The Kier molecular flexibility index (Phi) is 8.05. The van der Waals surface area contributed by atoms with Crippen LogP contribution < -0.4 is 10.4 Å². The summed E-state index contributed by atoms with van der Waals surface area (Å²) in [5.41, 5.74) is -1.31. The molecule has 14 heteroatoms. The summed E-state index contributed by atoms with van der Waals surface area (Å²) in [6.45, 7) is 4.03. The Hall–Kier alpha value is -4.10. The molecule has 4 rings (SSSR count). The Morgan fingerprint density at radius 2 is 1.63 bits per heavy atom. The number of aromatic nitrogens is 6. The molecule has 0 saturated carbocycles. The molecule has 220 valence electrons. The molecule has 0 unspecified atom stereocenters. The standard InChI is InChI=1S/C27H28F6N6O2/c1-17(2)26(12-37-15-34-14-35-37,22-10-5-19(28)11-23(22)29)18(3)39-24(40)38(16-36-39)20-6-8-21(9-7-20)41-13-27(32,33)25(4,30)31/h5-11,14-18H,12-13H2,1-4H3/t18-,26-/m1/s1. The van der Waals surface area contributed by atoms with E-state index in [1.54, 1.807) is 6.92 Å². The van der Waals surface area contributed by atoms with Gasteiger partial charge in [0.25, 0.3) is 0 Å². The lowest BCUT2D eigenvalue weighted by molar-refractivity contribution is -0.211. The van der Waals surface area contributed by atoms with E-state index in [-0.39, 0.29) is 36.4 Å². The molecule has 0 aliphatic heterocycles. The highest BCUT2D eigenvalue weighted by Gasteiger charge is 2.53. The van der Waals surface area contributed by atoms with E-state index in [1.807, 2.05) is 13.8 Å². The minimum atomic E-state index is -4.38. The third-order valence-electron chi connectivity index (χ3n) is 7.34. The van der Waals surface area contributed by atoms with Crippen LogP contribution in [0.5, 0.6) is 5.75 Å². The fourth-order valence-electron chi connectivity index (χ4n) is 4.85. The molecule has 2 aromatic carbocycles. The highest BCUT2D eigenvalue weighted by atomic mass is 19.3. The second-order valence-corrected chi connectivity index (χ2v) is 10.2. The maximum absolute atomic E-state index is 15.3. The quantitative estimate of drug-likeness (QED) is 0.221. The van der Waals surface area contributed by atoms with E-state index in [0.717, 1.165) is 12.1 Å². The van der Waals surface area contributed by atoms with Crippen molar-refractivity contribution < 1.29 is 31.1 Å². The lowest BCUT2D eigenvalue weighted by Gasteiger charge is -2.42. The summed E-state index contributed by atoms with van der Waals surface area (Å²) in [6, 6.07) is 7.74. The summed E-state index contributed by atoms with van der Waals surface area (Å²) in [6.07, 6.45) is 4.01. The van der Waals surface area contributed by atoms with Gasteiger partial charge in [-0.1, -0.05) is 19.9 Å². The zero-order valence-corrected chi connectivity index (χ0v) is 22.6. The molecule has 8 nitrogen and oxygen atoms in total. The molecule has 0 amide bonds. The molecule has 2 heterocycles. The van der Waals surface area contributed by atoms with Gasteiger partial charge in [0.15, 0.2) is 6.61 Å². The van der Waals surface area contributed by atoms with Gasteiger partial charge in [-0.2, -0.15) is 19.0 Å². The van der Waals surface area contributed by atoms with Gasteiger partial charge in [0.1, 0.15) is 36.4 Å². The molecule has 0 bridgehead atoms. The van der Waals surface area contributed by atoms with E-state index in [9.17, 15) is 26.7 Å². The molecule has 0 aliphatic carbocycles. The Morgan fingerprint density at radius 3 is 2.20 bits per heavy atom. The first-order valence-electron chi connectivity index (χ1n) is 12.6. The van der Waals surface area contributed by atoms with E-state index in [1.165, 1.54) is 63.2 Å². The van der Waals surface area contributed by atoms with Crippen LogP contribution in [0.3, 0.4) is 0 Å². The molecule has 0 spiro atoms. The minimum absolute atomic E-state index is 0.0845. The zero-order valence-electron chi connectivity index (χ0n) is 22.6. The molecule has 0 saturated heterocycles. The van der Waals surface area contributed by atoms with Crippen molar-refractivity contribution in [2.24, 2.45) is 5.92 Å². The average molecular weight is 583 g/mol. The van der Waals surface area contributed by atoms with Crippen molar-refractivity contribution in [2.45, 2.75) is 57.5 Å². The van der Waals surface area contributed by atoms with Gasteiger partial charge in [0, 0.05) is 18.4 Å². The van der Waals surface area contributed by atoms with E-state index < -0.39 is 47.2 Å². The van der Waals surface area contributed by atoms with Gasteiger partial charge in [0.2, 0.25) is 0 Å². The maximum atomic E-state index is 15.3. The van der Waals surface area contributed by atoms with E-state index in [2.05, 4.69) is 15.2 Å². The van der Waals surface area contributed by atoms with Crippen LogP contribution in [0.2, 0.25) is 0 Å². The number of hydrogen-bond acceptors (Lipinski definition) is 5. The summed E-state index contributed by atoms with van der Waals surface area (Å²) in [7, 11) is 0. The first kappa shape index (κ1) is 29.9. The van der Waals surface area contributed by atoms with Crippen LogP contribution in [-0.4, -0.2) is 47.6 Å². The van der Waals surface area contributed by atoms with Gasteiger partial charge in [0.05, 0.1) is 18.3 Å². The first-order chi connectivity index (χ1) is 19.2. The monoisotopic (exact) mass is 582 g/mol. The lowest BCUT2D eigenvalue weighted by atomic mass is 9.66. The van der Waals surface area contributed by atoms with Crippen LogP contribution in [0.1, 0.15) is 39.3 Å². The molecule has 0 radical (unpaired) electrons. The number of nitrogens with zero attached hydrogens (tertiary/aromatic N) is 6. The van der Waals surface area contributed by atoms with Crippen molar-refractivity contribution in [2.75, 3.05) is 6.61 Å². The van der Waals surface area contributed by atoms with Crippen LogP contribution in [0.25, 0.3) is 5.69 Å². The number of alkyl halides is 4. The predicted octanol–water partition coefficient (Wildman–Crippen LogP) is 5.43. The maximum Gasteiger partial charge on any atom is 0.350 e. The zero-order chi connectivity index (χ0) is 30.2. The predicted molar refractivity (Wildman–Crippen MR) is 136 cm³/mol. The van der Waals surface area contributed by atoms with Crippen LogP contribution in [-0.2, 0) is 12.0 Å². The SMILES string of the molecule is CC(C)[C@@](Cn1cncn1)(c1ccc(F)cc1F)[C@@H](C)n1ncn(-c2ccc(OCC(F)(F)C(C)(F)F)cc2)c1=O. The van der Waals surface area contributed by atoms with E-state index >= 15 is 4.39 Å². The van der Waals surface area contributed by atoms with Crippen LogP contribution >= 0.6 is 0 Å². The van der Waals surface area contributed by atoms with E-state index in [4.69, 9.17) is 4.74 Å². The van der Waals surface area contributed by atoms with Crippen molar-refractivity contribution in [3.63, 3.8) is 0 Å². The van der Waals surface area contributed by atoms with Crippen molar-refractivity contribution in [1.82, 2.24) is 29.1 Å². The molecule has 4 aromatic rings. The fourth-order valence-corrected chi connectivity index (χ4v) is 4.85. The summed E-state index contributed by atoms with van der Waals surface area (Å²) >= 11 is 0. The smallest absolute Gasteiger partial charge is 0.350 e. The Morgan fingerprint density at radius 1 is 0.951 bits per heavy atom. The third-order valence-corrected chi connectivity index (χ3v) is 7.34. The topological polar surface area (TPSA) is 79.8 Å². The number of rotatable bonds is 11. The molecular formula is C27H28F6N6O2. The minimum Gasteiger partial charge on any atom is -0.487 e. The molecule has 41 heavy (non-hydrogen) atoms. The van der Waals surface area contributed by atoms with Crippen LogP contribution in [0.15, 0.2) is 66.2 Å². The van der Waals surface area contributed by atoms with Crippen LogP contribution in [0.4, 0.5) is 26.3 Å². The number of hydrogen-bond donors (Lipinski definition) is 0. The number of halogens is 6. The summed E-state index contributed by atoms with van der Waals surface area (Å²) in [5.74, 6) is -10.6. The lowest BCUT2D eigenvalue weighted by Crippen LogP contribution is -2.47. The first-order valence-corrected chi connectivity index (χ1v) is 12.6. The van der Waals surface area contributed by atoms with Gasteiger partial charge in [-0.25, -0.2) is 36.6 Å². The van der Waals surface area contributed by atoms with Crippen LogP contribution in [0, 0.1) is 17.6 Å². The molecule has 0 N–H and O–H groups in total. The summed E-state index contributed by atoms with van der Waals surface area (Å²) in [5, 5.41) is 8.43.